The molecule has 0 unspecified atom stereocenters. The summed E-state index contributed by atoms with van der Waals surface area (Å²) in [4.78, 5) is 14.9. The van der Waals surface area contributed by atoms with Crippen molar-refractivity contribution in [1.29, 1.82) is 0 Å². The Morgan fingerprint density at radius 1 is 1.15 bits per heavy atom. The van der Waals surface area contributed by atoms with Gasteiger partial charge in [-0.25, -0.2) is 4.79 Å². The van der Waals surface area contributed by atoms with Crippen LogP contribution in [0.1, 0.15) is 15.9 Å². The lowest BCUT2D eigenvalue weighted by Crippen LogP contribution is -2.00. The van der Waals surface area contributed by atoms with Gasteiger partial charge in [0.25, 0.3) is 0 Å². The summed E-state index contributed by atoms with van der Waals surface area (Å²) in [6.07, 6.45) is 2.00. The number of aryl methyl sites for hydroxylation is 1. The normalized spacial score (nSPS) is 10.7. The molecule has 0 amide bonds. The number of hydrogen-bond acceptors (Lipinski definition) is 2. The number of carbonyl (C=O) groups is 1. The van der Waals surface area contributed by atoms with E-state index in [1.54, 1.807) is 6.07 Å². The van der Waals surface area contributed by atoms with Crippen LogP contribution in [0.3, 0.4) is 0 Å². The van der Waals surface area contributed by atoms with E-state index in [4.69, 9.17) is 4.74 Å². The van der Waals surface area contributed by atoms with E-state index >= 15 is 0 Å². The summed E-state index contributed by atoms with van der Waals surface area (Å²) < 4.78 is 4.78. The lowest BCUT2D eigenvalue weighted by molar-refractivity contribution is 0.0601. The van der Waals surface area contributed by atoms with Gasteiger partial charge in [-0.05, 0) is 41.8 Å². The molecule has 1 aromatic heterocycles. The lowest BCUT2D eigenvalue weighted by Gasteiger charge is -2.07. The standard InChI is InChI=1S/C17H15NO2/c1-11-10-18-15-8-4-7-14(16(11)15)12-5-3-6-13(9-12)17(19)20-2/h3-10,18H,1-2H3. The van der Waals surface area contributed by atoms with Gasteiger partial charge in [0.05, 0.1) is 12.7 Å². The van der Waals surface area contributed by atoms with Crippen LogP contribution < -0.4 is 0 Å². The fourth-order valence-corrected chi connectivity index (χ4v) is 2.53. The summed E-state index contributed by atoms with van der Waals surface area (Å²) in [5.41, 5.74) is 4.99. The summed E-state index contributed by atoms with van der Waals surface area (Å²) >= 11 is 0. The van der Waals surface area contributed by atoms with Gasteiger partial charge < -0.3 is 9.72 Å². The maximum Gasteiger partial charge on any atom is 0.337 e. The fourth-order valence-electron chi connectivity index (χ4n) is 2.53. The SMILES string of the molecule is COC(=O)c1cccc(-c2cccc3[nH]cc(C)c23)c1. The molecule has 3 aromatic rings. The number of carbonyl (C=O) groups excluding carboxylic acids is 1. The number of esters is 1. The Hall–Kier alpha value is -2.55. The summed E-state index contributed by atoms with van der Waals surface area (Å²) in [6, 6.07) is 13.6. The minimum Gasteiger partial charge on any atom is -0.465 e. The van der Waals surface area contributed by atoms with Gasteiger partial charge >= 0.3 is 5.97 Å². The van der Waals surface area contributed by atoms with Gasteiger partial charge in [-0.1, -0.05) is 24.3 Å². The van der Waals surface area contributed by atoms with Crippen molar-refractivity contribution in [3.05, 3.63) is 59.8 Å². The zero-order valence-electron chi connectivity index (χ0n) is 11.4. The molecule has 3 heteroatoms. The summed E-state index contributed by atoms with van der Waals surface area (Å²) in [6.45, 7) is 2.08. The predicted molar refractivity (Wildman–Crippen MR) is 79.8 cm³/mol. The van der Waals surface area contributed by atoms with E-state index in [1.807, 2.05) is 30.5 Å². The van der Waals surface area contributed by atoms with Gasteiger partial charge in [-0.2, -0.15) is 0 Å². The first kappa shape index (κ1) is 12.5. The quantitative estimate of drug-likeness (QED) is 0.713. The topological polar surface area (TPSA) is 42.1 Å². The van der Waals surface area contributed by atoms with Crippen LogP contribution in [0, 0.1) is 6.92 Å². The average molecular weight is 265 g/mol. The zero-order valence-corrected chi connectivity index (χ0v) is 11.4. The molecule has 2 aromatic carbocycles. The Kier molecular flexibility index (Phi) is 3.03. The molecular formula is C17H15NO2. The van der Waals surface area contributed by atoms with Crippen molar-refractivity contribution >= 4 is 16.9 Å². The van der Waals surface area contributed by atoms with Crippen molar-refractivity contribution in [2.24, 2.45) is 0 Å². The highest BCUT2D eigenvalue weighted by Gasteiger charge is 2.10. The van der Waals surface area contributed by atoms with Crippen LogP contribution in [-0.2, 0) is 4.74 Å². The number of hydrogen-bond donors (Lipinski definition) is 1. The molecule has 0 saturated carbocycles. The highest BCUT2D eigenvalue weighted by molar-refractivity contribution is 5.99. The molecule has 1 heterocycles. The van der Waals surface area contributed by atoms with Crippen LogP contribution >= 0.6 is 0 Å². The third-order valence-corrected chi connectivity index (χ3v) is 3.50. The third-order valence-electron chi connectivity index (χ3n) is 3.50. The number of ether oxygens (including phenoxy) is 1. The van der Waals surface area contributed by atoms with E-state index in [-0.39, 0.29) is 5.97 Å². The van der Waals surface area contributed by atoms with Crippen LogP contribution in [0.25, 0.3) is 22.0 Å². The Morgan fingerprint density at radius 3 is 2.75 bits per heavy atom. The Balaban J connectivity index is 2.21. The molecule has 0 aliphatic heterocycles. The molecule has 0 saturated heterocycles. The average Bonchev–Trinajstić information content (AvgIpc) is 2.88. The molecule has 0 bridgehead atoms. The number of rotatable bonds is 2. The van der Waals surface area contributed by atoms with Gasteiger partial charge in [0.2, 0.25) is 0 Å². The van der Waals surface area contributed by atoms with Crippen molar-refractivity contribution in [1.82, 2.24) is 4.98 Å². The second kappa shape index (κ2) is 4.85. The highest BCUT2D eigenvalue weighted by atomic mass is 16.5. The van der Waals surface area contributed by atoms with Gasteiger partial charge in [0.1, 0.15) is 0 Å². The smallest absolute Gasteiger partial charge is 0.337 e. The maximum absolute atomic E-state index is 11.6. The number of aromatic amines is 1. The van der Waals surface area contributed by atoms with E-state index in [1.165, 1.54) is 18.1 Å². The molecule has 0 fully saturated rings. The zero-order chi connectivity index (χ0) is 14.1. The van der Waals surface area contributed by atoms with E-state index < -0.39 is 0 Å². The van der Waals surface area contributed by atoms with E-state index in [9.17, 15) is 4.79 Å². The van der Waals surface area contributed by atoms with Crippen LogP contribution in [0.4, 0.5) is 0 Å². The lowest BCUT2D eigenvalue weighted by atomic mass is 9.98. The second-order valence-corrected chi connectivity index (χ2v) is 4.77. The Morgan fingerprint density at radius 2 is 1.95 bits per heavy atom. The third kappa shape index (κ3) is 1.97. The maximum atomic E-state index is 11.6. The van der Waals surface area contributed by atoms with Crippen molar-refractivity contribution in [3.63, 3.8) is 0 Å². The number of nitrogens with one attached hydrogen (secondary N) is 1. The number of benzene rings is 2. The van der Waals surface area contributed by atoms with Crippen molar-refractivity contribution in [3.8, 4) is 11.1 Å². The Labute approximate surface area is 117 Å². The van der Waals surface area contributed by atoms with E-state index in [0.29, 0.717) is 5.56 Å². The van der Waals surface area contributed by atoms with Crippen molar-refractivity contribution in [2.45, 2.75) is 6.92 Å². The molecule has 3 rings (SSSR count). The number of H-pyrrole nitrogens is 1. The van der Waals surface area contributed by atoms with Gasteiger partial charge in [-0.3, -0.25) is 0 Å². The largest absolute Gasteiger partial charge is 0.465 e. The van der Waals surface area contributed by atoms with Gasteiger partial charge in [0, 0.05) is 17.1 Å². The highest BCUT2D eigenvalue weighted by Crippen LogP contribution is 2.31. The molecule has 0 aliphatic carbocycles. The number of aromatic nitrogens is 1. The van der Waals surface area contributed by atoms with Gasteiger partial charge in [0.15, 0.2) is 0 Å². The summed E-state index contributed by atoms with van der Waals surface area (Å²) in [5, 5.41) is 1.19. The molecule has 0 atom stereocenters. The first-order valence-corrected chi connectivity index (χ1v) is 6.46. The monoisotopic (exact) mass is 265 g/mol. The molecule has 0 aliphatic rings. The van der Waals surface area contributed by atoms with Crippen molar-refractivity contribution < 1.29 is 9.53 Å². The van der Waals surface area contributed by atoms with E-state index in [2.05, 4.69) is 24.0 Å². The number of methoxy groups -OCH3 is 1. The molecule has 20 heavy (non-hydrogen) atoms. The van der Waals surface area contributed by atoms with Crippen LogP contribution in [0.5, 0.6) is 0 Å². The van der Waals surface area contributed by atoms with E-state index in [0.717, 1.165) is 16.6 Å². The molecule has 3 nitrogen and oxygen atoms in total. The molecule has 0 spiro atoms. The molecular weight excluding hydrogens is 250 g/mol. The summed E-state index contributed by atoms with van der Waals surface area (Å²) in [7, 11) is 1.39. The van der Waals surface area contributed by atoms with Crippen LogP contribution in [-0.4, -0.2) is 18.1 Å². The van der Waals surface area contributed by atoms with Gasteiger partial charge in [-0.15, -0.1) is 0 Å². The summed E-state index contributed by atoms with van der Waals surface area (Å²) in [5.74, 6) is -0.315. The Bertz CT molecular complexity index is 787. The van der Waals surface area contributed by atoms with Crippen LogP contribution in [0.15, 0.2) is 48.7 Å². The fraction of sp³-hybridized carbons (Fsp3) is 0.118. The molecule has 1 N–H and O–H groups in total. The first-order valence-electron chi connectivity index (χ1n) is 6.46. The predicted octanol–water partition coefficient (Wildman–Crippen LogP) is 3.93. The minimum atomic E-state index is -0.315. The minimum absolute atomic E-state index is 0.315. The molecule has 100 valence electrons. The molecule has 0 radical (unpaired) electrons. The second-order valence-electron chi connectivity index (χ2n) is 4.77. The first-order chi connectivity index (χ1) is 9.70. The van der Waals surface area contributed by atoms with Crippen molar-refractivity contribution in [2.75, 3.05) is 7.11 Å². The van der Waals surface area contributed by atoms with Crippen LogP contribution in [0.2, 0.25) is 0 Å². The number of fused-ring (bicyclic) bond motifs is 1.